The Morgan fingerprint density at radius 2 is 1.71 bits per heavy atom. The van der Waals surface area contributed by atoms with Crippen molar-refractivity contribution >= 4 is 11.6 Å². The Morgan fingerprint density at radius 1 is 1.05 bits per heavy atom. The van der Waals surface area contributed by atoms with Crippen LogP contribution in [0, 0.1) is 0 Å². The molecule has 0 saturated heterocycles. The van der Waals surface area contributed by atoms with Gasteiger partial charge in [-0.25, -0.2) is 9.97 Å². The lowest BCUT2D eigenvalue weighted by Gasteiger charge is -2.25. The summed E-state index contributed by atoms with van der Waals surface area (Å²) in [6.45, 7) is 6.30. The molecule has 3 heteroatoms. The summed E-state index contributed by atoms with van der Waals surface area (Å²) < 4.78 is 0. The SMILES string of the molecule is CC(C)(C)c1nc(Cl)cc(-c2ccc(C3CCC3)cc2)n1. The van der Waals surface area contributed by atoms with Gasteiger partial charge in [-0.15, -0.1) is 0 Å². The van der Waals surface area contributed by atoms with Crippen LogP contribution in [0.2, 0.25) is 5.15 Å². The predicted octanol–water partition coefficient (Wildman–Crippen LogP) is 5.36. The molecule has 0 aliphatic heterocycles. The van der Waals surface area contributed by atoms with Crippen molar-refractivity contribution in [1.82, 2.24) is 9.97 Å². The smallest absolute Gasteiger partial charge is 0.136 e. The lowest BCUT2D eigenvalue weighted by atomic mass is 9.80. The molecule has 2 nitrogen and oxygen atoms in total. The molecule has 0 N–H and O–H groups in total. The minimum atomic E-state index is -0.106. The first-order valence-electron chi connectivity index (χ1n) is 7.59. The van der Waals surface area contributed by atoms with Crippen LogP contribution in [-0.4, -0.2) is 9.97 Å². The molecule has 3 rings (SSSR count). The summed E-state index contributed by atoms with van der Waals surface area (Å²) in [6, 6.07) is 10.6. The number of hydrogen-bond donors (Lipinski definition) is 0. The highest BCUT2D eigenvalue weighted by Crippen LogP contribution is 2.37. The average molecular weight is 301 g/mol. The quantitative estimate of drug-likeness (QED) is 0.698. The first kappa shape index (κ1) is 14.5. The van der Waals surface area contributed by atoms with Crippen molar-refractivity contribution in [3.8, 4) is 11.3 Å². The Labute approximate surface area is 131 Å². The van der Waals surface area contributed by atoms with Crippen molar-refractivity contribution in [2.24, 2.45) is 0 Å². The van der Waals surface area contributed by atoms with Crippen LogP contribution in [0.1, 0.15) is 57.3 Å². The Balaban J connectivity index is 1.94. The molecular weight excluding hydrogens is 280 g/mol. The van der Waals surface area contributed by atoms with E-state index in [0.29, 0.717) is 5.15 Å². The van der Waals surface area contributed by atoms with Gasteiger partial charge in [0.15, 0.2) is 0 Å². The molecule has 1 aliphatic rings. The summed E-state index contributed by atoms with van der Waals surface area (Å²) in [4.78, 5) is 9.04. The molecule has 0 amide bonds. The van der Waals surface area contributed by atoms with Crippen molar-refractivity contribution in [2.45, 2.75) is 51.4 Å². The maximum Gasteiger partial charge on any atom is 0.136 e. The van der Waals surface area contributed by atoms with E-state index in [4.69, 9.17) is 11.6 Å². The molecule has 0 radical (unpaired) electrons. The molecule has 2 aromatic rings. The first-order chi connectivity index (χ1) is 9.93. The van der Waals surface area contributed by atoms with Crippen LogP contribution < -0.4 is 0 Å². The topological polar surface area (TPSA) is 25.8 Å². The Morgan fingerprint density at radius 3 is 2.24 bits per heavy atom. The van der Waals surface area contributed by atoms with E-state index < -0.39 is 0 Å². The average Bonchev–Trinajstić information content (AvgIpc) is 2.36. The molecule has 0 atom stereocenters. The van der Waals surface area contributed by atoms with Crippen molar-refractivity contribution in [3.05, 3.63) is 46.9 Å². The summed E-state index contributed by atoms with van der Waals surface area (Å²) in [5.74, 6) is 1.55. The molecule has 0 spiro atoms. The van der Waals surface area contributed by atoms with Crippen LogP contribution in [0.15, 0.2) is 30.3 Å². The maximum atomic E-state index is 6.17. The minimum absolute atomic E-state index is 0.106. The van der Waals surface area contributed by atoms with E-state index in [0.717, 1.165) is 23.0 Å². The Hall–Kier alpha value is -1.41. The normalized spacial score (nSPS) is 15.8. The zero-order chi connectivity index (χ0) is 15.0. The van der Waals surface area contributed by atoms with Gasteiger partial charge in [0.05, 0.1) is 5.69 Å². The van der Waals surface area contributed by atoms with Crippen LogP contribution in [0.3, 0.4) is 0 Å². The third-order valence-corrected chi connectivity index (χ3v) is 4.34. The number of aromatic nitrogens is 2. The first-order valence-corrected chi connectivity index (χ1v) is 7.97. The number of benzene rings is 1. The Bertz CT molecular complexity index is 637. The van der Waals surface area contributed by atoms with Gasteiger partial charge in [0.25, 0.3) is 0 Å². The van der Waals surface area contributed by atoms with E-state index in [1.807, 2.05) is 6.07 Å². The van der Waals surface area contributed by atoms with Gasteiger partial charge in [-0.2, -0.15) is 0 Å². The van der Waals surface area contributed by atoms with Gasteiger partial charge in [0, 0.05) is 17.0 Å². The highest BCUT2D eigenvalue weighted by molar-refractivity contribution is 6.29. The number of hydrogen-bond acceptors (Lipinski definition) is 2. The van der Waals surface area contributed by atoms with Crippen LogP contribution >= 0.6 is 11.6 Å². The van der Waals surface area contributed by atoms with E-state index in [1.165, 1.54) is 24.8 Å². The molecule has 1 heterocycles. The van der Waals surface area contributed by atoms with Gasteiger partial charge in [-0.1, -0.05) is 63.1 Å². The second kappa shape index (κ2) is 5.42. The van der Waals surface area contributed by atoms with Crippen LogP contribution in [0.5, 0.6) is 0 Å². The second-order valence-corrected chi connectivity index (χ2v) is 7.29. The van der Waals surface area contributed by atoms with Gasteiger partial charge in [-0.3, -0.25) is 0 Å². The molecule has 1 aromatic heterocycles. The molecule has 1 fully saturated rings. The fourth-order valence-electron chi connectivity index (χ4n) is 2.57. The zero-order valence-corrected chi connectivity index (χ0v) is 13.6. The summed E-state index contributed by atoms with van der Waals surface area (Å²) >= 11 is 6.17. The lowest BCUT2D eigenvalue weighted by molar-refractivity contribution is 0.420. The lowest BCUT2D eigenvalue weighted by Crippen LogP contribution is -2.16. The fraction of sp³-hybridized carbons (Fsp3) is 0.444. The standard InChI is InChI=1S/C18H21ClN2/c1-18(2,3)17-20-15(11-16(19)21-17)14-9-7-13(8-10-14)12-5-4-6-12/h7-12H,4-6H2,1-3H3. The van der Waals surface area contributed by atoms with E-state index in [1.54, 1.807) is 0 Å². The van der Waals surface area contributed by atoms with Crippen molar-refractivity contribution in [3.63, 3.8) is 0 Å². The molecule has 0 unspecified atom stereocenters. The summed E-state index contributed by atoms with van der Waals surface area (Å²) in [5.41, 5.74) is 3.35. The molecular formula is C18H21ClN2. The van der Waals surface area contributed by atoms with E-state index >= 15 is 0 Å². The Kier molecular flexibility index (Phi) is 3.75. The van der Waals surface area contributed by atoms with Crippen molar-refractivity contribution in [2.75, 3.05) is 0 Å². The van der Waals surface area contributed by atoms with E-state index in [9.17, 15) is 0 Å². The van der Waals surface area contributed by atoms with Crippen LogP contribution in [0.4, 0.5) is 0 Å². The van der Waals surface area contributed by atoms with Gasteiger partial charge in [-0.05, 0) is 24.3 Å². The summed E-state index contributed by atoms with van der Waals surface area (Å²) in [5, 5.41) is 0.507. The molecule has 1 aromatic carbocycles. The molecule has 0 bridgehead atoms. The van der Waals surface area contributed by atoms with Gasteiger partial charge < -0.3 is 0 Å². The molecule has 110 valence electrons. The minimum Gasteiger partial charge on any atom is -0.232 e. The second-order valence-electron chi connectivity index (χ2n) is 6.90. The predicted molar refractivity (Wildman–Crippen MR) is 87.8 cm³/mol. The van der Waals surface area contributed by atoms with E-state index in [-0.39, 0.29) is 5.41 Å². The van der Waals surface area contributed by atoms with Crippen LogP contribution in [-0.2, 0) is 5.41 Å². The molecule has 21 heavy (non-hydrogen) atoms. The largest absolute Gasteiger partial charge is 0.232 e. The van der Waals surface area contributed by atoms with Crippen molar-refractivity contribution in [1.29, 1.82) is 0 Å². The fourth-order valence-corrected chi connectivity index (χ4v) is 2.75. The maximum absolute atomic E-state index is 6.17. The summed E-state index contributed by atoms with van der Waals surface area (Å²) in [6.07, 6.45) is 4.02. The van der Waals surface area contributed by atoms with Crippen LogP contribution in [0.25, 0.3) is 11.3 Å². The monoisotopic (exact) mass is 300 g/mol. The third kappa shape index (κ3) is 3.11. The van der Waals surface area contributed by atoms with Gasteiger partial charge >= 0.3 is 0 Å². The molecule has 1 aliphatic carbocycles. The van der Waals surface area contributed by atoms with Gasteiger partial charge in [0.1, 0.15) is 11.0 Å². The number of halogens is 1. The number of nitrogens with zero attached hydrogens (tertiary/aromatic N) is 2. The summed E-state index contributed by atoms with van der Waals surface area (Å²) in [7, 11) is 0. The zero-order valence-electron chi connectivity index (χ0n) is 12.9. The third-order valence-electron chi connectivity index (χ3n) is 4.15. The van der Waals surface area contributed by atoms with E-state index in [2.05, 4.69) is 55.0 Å². The van der Waals surface area contributed by atoms with Gasteiger partial charge in [0.2, 0.25) is 0 Å². The highest BCUT2D eigenvalue weighted by Gasteiger charge is 2.21. The van der Waals surface area contributed by atoms with Crippen molar-refractivity contribution < 1.29 is 0 Å². The highest BCUT2D eigenvalue weighted by atomic mass is 35.5. The number of rotatable bonds is 2. The molecule has 1 saturated carbocycles.